The van der Waals surface area contributed by atoms with E-state index in [9.17, 15) is 5.11 Å². The van der Waals surface area contributed by atoms with Gasteiger partial charge in [0, 0.05) is 16.5 Å². The number of nitrogens with zero attached hydrogens (tertiary/aromatic N) is 1. The standard InChI is InChI=1S/C11H12BrN3O/c12-9-4-2-1-3-7(9)5-10(16)8-6-14-15-11(8)13/h1-4,6,10,16H,5H2,(H3,13,14,15). The summed E-state index contributed by atoms with van der Waals surface area (Å²) < 4.78 is 0.983. The maximum absolute atomic E-state index is 10.0. The molecule has 0 amide bonds. The van der Waals surface area contributed by atoms with Gasteiger partial charge in [-0.15, -0.1) is 0 Å². The summed E-state index contributed by atoms with van der Waals surface area (Å²) in [5, 5.41) is 16.4. The SMILES string of the molecule is Nc1[nH]ncc1C(O)Cc1ccccc1Br. The number of nitrogen functional groups attached to an aromatic ring is 1. The summed E-state index contributed by atoms with van der Waals surface area (Å²) in [6.07, 6.45) is 1.42. The number of hydrogen-bond donors (Lipinski definition) is 3. The highest BCUT2D eigenvalue weighted by atomic mass is 79.9. The van der Waals surface area contributed by atoms with Gasteiger partial charge in [-0.05, 0) is 11.6 Å². The fraction of sp³-hybridized carbons (Fsp3) is 0.182. The van der Waals surface area contributed by atoms with Crippen molar-refractivity contribution in [1.29, 1.82) is 0 Å². The Morgan fingerprint density at radius 3 is 2.81 bits per heavy atom. The molecule has 4 nitrogen and oxygen atoms in total. The first-order valence-corrected chi connectivity index (χ1v) is 5.68. The number of aromatic amines is 1. The lowest BCUT2D eigenvalue weighted by molar-refractivity contribution is 0.179. The topological polar surface area (TPSA) is 74.9 Å². The van der Waals surface area contributed by atoms with Gasteiger partial charge in [-0.3, -0.25) is 5.10 Å². The molecule has 5 heteroatoms. The largest absolute Gasteiger partial charge is 0.388 e. The number of nitrogens with two attached hydrogens (primary N) is 1. The number of rotatable bonds is 3. The Morgan fingerprint density at radius 1 is 1.44 bits per heavy atom. The monoisotopic (exact) mass is 281 g/mol. The molecule has 1 aromatic carbocycles. The molecule has 2 rings (SSSR count). The fourth-order valence-electron chi connectivity index (χ4n) is 1.55. The van der Waals surface area contributed by atoms with Crippen molar-refractivity contribution in [2.24, 2.45) is 0 Å². The van der Waals surface area contributed by atoms with Crippen molar-refractivity contribution in [1.82, 2.24) is 10.2 Å². The summed E-state index contributed by atoms with van der Waals surface area (Å²) in [4.78, 5) is 0. The number of halogens is 1. The molecule has 1 heterocycles. The van der Waals surface area contributed by atoms with Gasteiger partial charge in [0.25, 0.3) is 0 Å². The van der Waals surface area contributed by atoms with Crippen LogP contribution in [0.2, 0.25) is 0 Å². The number of aromatic nitrogens is 2. The average Bonchev–Trinajstić information content (AvgIpc) is 2.68. The molecular formula is C11H12BrN3O. The van der Waals surface area contributed by atoms with Crippen LogP contribution in [0.5, 0.6) is 0 Å². The molecule has 1 atom stereocenters. The number of aliphatic hydroxyl groups is 1. The van der Waals surface area contributed by atoms with Crippen molar-refractivity contribution in [3.63, 3.8) is 0 Å². The highest BCUT2D eigenvalue weighted by Gasteiger charge is 2.14. The van der Waals surface area contributed by atoms with Crippen molar-refractivity contribution >= 4 is 21.7 Å². The highest BCUT2D eigenvalue weighted by Crippen LogP contribution is 2.25. The van der Waals surface area contributed by atoms with E-state index < -0.39 is 6.10 Å². The van der Waals surface area contributed by atoms with Gasteiger partial charge in [-0.1, -0.05) is 34.1 Å². The number of H-pyrrole nitrogens is 1. The molecule has 0 radical (unpaired) electrons. The maximum Gasteiger partial charge on any atom is 0.124 e. The van der Waals surface area contributed by atoms with E-state index in [1.807, 2.05) is 24.3 Å². The van der Waals surface area contributed by atoms with E-state index in [0.717, 1.165) is 10.0 Å². The minimum absolute atomic E-state index is 0.416. The zero-order chi connectivity index (χ0) is 11.5. The van der Waals surface area contributed by atoms with E-state index in [0.29, 0.717) is 17.8 Å². The van der Waals surface area contributed by atoms with Crippen molar-refractivity contribution < 1.29 is 5.11 Å². The predicted octanol–water partition coefficient (Wildman–Crippen LogP) is 2.03. The molecule has 0 saturated carbocycles. The van der Waals surface area contributed by atoms with Gasteiger partial charge in [0.15, 0.2) is 0 Å². The Balaban J connectivity index is 2.17. The van der Waals surface area contributed by atoms with E-state index >= 15 is 0 Å². The Kier molecular flexibility index (Phi) is 3.26. The number of nitrogens with one attached hydrogen (secondary N) is 1. The second-order valence-electron chi connectivity index (χ2n) is 3.55. The van der Waals surface area contributed by atoms with Gasteiger partial charge in [-0.2, -0.15) is 5.10 Å². The molecule has 0 aliphatic rings. The van der Waals surface area contributed by atoms with Crippen molar-refractivity contribution in [2.75, 3.05) is 5.73 Å². The van der Waals surface area contributed by atoms with E-state index in [1.54, 1.807) is 6.20 Å². The number of aliphatic hydroxyl groups excluding tert-OH is 1. The van der Waals surface area contributed by atoms with E-state index in [4.69, 9.17) is 5.73 Å². The van der Waals surface area contributed by atoms with E-state index in [-0.39, 0.29) is 0 Å². The molecule has 1 unspecified atom stereocenters. The molecule has 1 aromatic heterocycles. The van der Waals surface area contributed by atoms with Crippen LogP contribution in [0, 0.1) is 0 Å². The first-order valence-electron chi connectivity index (χ1n) is 4.88. The van der Waals surface area contributed by atoms with E-state index in [2.05, 4.69) is 26.1 Å². The van der Waals surface area contributed by atoms with Gasteiger partial charge < -0.3 is 10.8 Å². The minimum atomic E-state index is -0.641. The van der Waals surface area contributed by atoms with Gasteiger partial charge in [0.1, 0.15) is 5.82 Å². The molecule has 2 aromatic rings. The van der Waals surface area contributed by atoms with Gasteiger partial charge in [-0.25, -0.2) is 0 Å². The molecule has 0 spiro atoms. The highest BCUT2D eigenvalue weighted by molar-refractivity contribution is 9.10. The van der Waals surface area contributed by atoms with Gasteiger partial charge in [0.05, 0.1) is 12.3 Å². The number of anilines is 1. The lowest BCUT2D eigenvalue weighted by Crippen LogP contribution is -2.04. The molecular weight excluding hydrogens is 270 g/mol. The van der Waals surface area contributed by atoms with Crippen LogP contribution in [-0.4, -0.2) is 15.3 Å². The van der Waals surface area contributed by atoms with Crippen LogP contribution in [0.3, 0.4) is 0 Å². The fourth-order valence-corrected chi connectivity index (χ4v) is 2.00. The summed E-state index contributed by atoms with van der Waals surface area (Å²) in [5.41, 5.74) is 7.32. The quantitative estimate of drug-likeness (QED) is 0.806. The Morgan fingerprint density at radius 2 is 2.19 bits per heavy atom. The third kappa shape index (κ3) is 2.25. The Bertz CT molecular complexity index is 484. The number of benzene rings is 1. The van der Waals surface area contributed by atoms with Crippen molar-refractivity contribution in [3.8, 4) is 0 Å². The molecule has 0 aliphatic carbocycles. The molecule has 0 saturated heterocycles. The van der Waals surface area contributed by atoms with Crippen LogP contribution in [-0.2, 0) is 6.42 Å². The summed E-state index contributed by atoms with van der Waals surface area (Å²) in [7, 11) is 0. The second-order valence-corrected chi connectivity index (χ2v) is 4.40. The summed E-state index contributed by atoms with van der Waals surface area (Å²) in [5.74, 6) is 0.416. The number of hydrogen-bond acceptors (Lipinski definition) is 3. The maximum atomic E-state index is 10.0. The third-order valence-corrected chi connectivity index (χ3v) is 3.20. The van der Waals surface area contributed by atoms with Gasteiger partial charge in [0.2, 0.25) is 0 Å². The average molecular weight is 282 g/mol. The van der Waals surface area contributed by atoms with Gasteiger partial charge >= 0.3 is 0 Å². The van der Waals surface area contributed by atoms with Crippen LogP contribution in [0.15, 0.2) is 34.9 Å². The lowest BCUT2D eigenvalue weighted by Gasteiger charge is -2.10. The van der Waals surface area contributed by atoms with Crippen LogP contribution < -0.4 is 5.73 Å². The normalized spacial score (nSPS) is 12.6. The minimum Gasteiger partial charge on any atom is -0.388 e. The predicted molar refractivity (Wildman–Crippen MR) is 65.8 cm³/mol. The zero-order valence-corrected chi connectivity index (χ0v) is 10.1. The summed E-state index contributed by atoms with van der Waals surface area (Å²) in [6.45, 7) is 0. The van der Waals surface area contributed by atoms with Crippen LogP contribution >= 0.6 is 15.9 Å². The van der Waals surface area contributed by atoms with Crippen LogP contribution in [0.1, 0.15) is 17.2 Å². The van der Waals surface area contributed by atoms with Crippen molar-refractivity contribution in [2.45, 2.75) is 12.5 Å². The molecule has 4 N–H and O–H groups in total. The molecule has 0 fully saturated rings. The molecule has 0 aliphatic heterocycles. The molecule has 0 bridgehead atoms. The van der Waals surface area contributed by atoms with Crippen molar-refractivity contribution in [3.05, 3.63) is 46.1 Å². The molecule has 84 valence electrons. The summed E-state index contributed by atoms with van der Waals surface area (Å²) >= 11 is 3.44. The Labute approximate surface area is 102 Å². The lowest BCUT2D eigenvalue weighted by atomic mass is 10.0. The smallest absolute Gasteiger partial charge is 0.124 e. The second kappa shape index (κ2) is 4.67. The zero-order valence-electron chi connectivity index (χ0n) is 8.52. The molecule has 16 heavy (non-hydrogen) atoms. The first kappa shape index (κ1) is 11.2. The Hall–Kier alpha value is -1.33. The first-order chi connectivity index (χ1) is 7.68. The summed E-state index contributed by atoms with van der Waals surface area (Å²) in [6, 6.07) is 7.78. The van der Waals surface area contributed by atoms with Crippen LogP contribution in [0.4, 0.5) is 5.82 Å². The third-order valence-electron chi connectivity index (χ3n) is 2.43. The van der Waals surface area contributed by atoms with Crippen LogP contribution in [0.25, 0.3) is 0 Å². The van der Waals surface area contributed by atoms with E-state index in [1.165, 1.54) is 0 Å².